The molecule has 152 valence electrons. The number of hydrogen-bond acceptors (Lipinski definition) is 5. The fourth-order valence-electron chi connectivity index (χ4n) is 2.57. The molecule has 0 bridgehead atoms. The fourth-order valence-corrected chi connectivity index (χ4v) is 3.16. The van der Waals surface area contributed by atoms with Crippen molar-refractivity contribution < 1.29 is 14.1 Å². The predicted octanol–water partition coefficient (Wildman–Crippen LogP) is 5.51. The zero-order chi connectivity index (χ0) is 21.0. The third kappa shape index (κ3) is 5.41. The number of ether oxygens (including phenoxy) is 1. The van der Waals surface area contributed by atoms with Gasteiger partial charge < -0.3 is 14.2 Å². The standard InChI is InChI=1S/C20H18Cl3N3O3/c1-12(2)26(10-18-24-20(25-29-18)13-6-4-3-5-7-13)19(27)11-28-17-9-15(22)14(21)8-16(17)23/h3-9,12H,10-11H2,1-2H3. The van der Waals surface area contributed by atoms with Gasteiger partial charge in [-0.25, -0.2) is 0 Å². The van der Waals surface area contributed by atoms with E-state index in [1.807, 2.05) is 44.2 Å². The lowest BCUT2D eigenvalue weighted by Crippen LogP contribution is -2.39. The summed E-state index contributed by atoms with van der Waals surface area (Å²) in [5.41, 5.74) is 0.836. The highest BCUT2D eigenvalue weighted by Crippen LogP contribution is 2.33. The van der Waals surface area contributed by atoms with E-state index in [2.05, 4.69) is 10.1 Å². The quantitative estimate of drug-likeness (QED) is 0.440. The number of aromatic nitrogens is 2. The van der Waals surface area contributed by atoms with Gasteiger partial charge in [0.05, 0.1) is 15.1 Å². The summed E-state index contributed by atoms with van der Waals surface area (Å²) in [7, 11) is 0. The topological polar surface area (TPSA) is 68.5 Å². The van der Waals surface area contributed by atoms with Gasteiger partial charge in [0.1, 0.15) is 12.3 Å². The first-order valence-corrected chi connectivity index (χ1v) is 9.93. The van der Waals surface area contributed by atoms with Crippen LogP contribution in [0.5, 0.6) is 5.75 Å². The van der Waals surface area contributed by atoms with Crippen LogP contribution >= 0.6 is 34.8 Å². The van der Waals surface area contributed by atoms with Crippen molar-refractivity contribution >= 4 is 40.7 Å². The predicted molar refractivity (Wildman–Crippen MR) is 112 cm³/mol. The van der Waals surface area contributed by atoms with Crippen LogP contribution in [0.25, 0.3) is 11.4 Å². The van der Waals surface area contributed by atoms with Crippen LogP contribution in [0.4, 0.5) is 0 Å². The van der Waals surface area contributed by atoms with Crippen molar-refractivity contribution in [3.8, 4) is 17.1 Å². The number of carbonyl (C=O) groups is 1. The van der Waals surface area contributed by atoms with E-state index in [1.54, 1.807) is 4.90 Å². The molecule has 0 spiro atoms. The van der Waals surface area contributed by atoms with Crippen LogP contribution < -0.4 is 4.74 Å². The van der Waals surface area contributed by atoms with Crippen LogP contribution in [0.3, 0.4) is 0 Å². The summed E-state index contributed by atoms with van der Waals surface area (Å²) in [6.07, 6.45) is 0. The largest absolute Gasteiger partial charge is 0.482 e. The maximum absolute atomic E-state index is 12.7. The summed E-state index contributed by atoms with van der Waals surface area (Å²) in [6, 6.07) is 12.3. The van der Waals surface area contributed by atoms with Crippen LogP contribution in [0.2, 0.25) is 15.1 Å². The lowest BCUT2D eigenvalue weighted by atomic mass is 10.2. The molecule has 2 aromatic carbocycles. The molecule has 1 heterocycles. The first kappa shape index (κ1) is 21.4. The Bertz CT molecular complexity index is 993. The first-order valence-electron chi connectivity index (χ1n) is 8.80. The van der Waals surface area contributed by atoms with Gasteiger partial charge in [0.15, 0.2) is 6.61 Å². The van der Waals surface area contributed by atoms with Crippen molar-refractivity contribution in [2.45, 2.75) is 26.4 Å². The Kier molecular flexibility index (Phi) is 7.00. The summed E-state index contributed by atoms with van der Waals surface area (Å²) in [5.74, 6) is 0.818. The number of benzene rings is 2. The monoisotopic (exact) mass is 453 g/mol. The highest BCUT2D eigenvalue weighted by Gasteiger charge is 2.22. The molecule has 0 radical (unpaired) electrons. The van der Waals surface area contributed by atoms with Gasteiger partial charge in [-0.05, 0) is 19.9 Å². The number of rotatable bonds is 7. The molecular formula is C20H18Cl3N3O3. The van der Waals surface area contributed by atoms with Gasteiger partial charge >= 0.3 is 0 Å². The number of nitrogens with zero attached hydrogens (tertiary/aromatic N) is 3. The Labute approximate surface area is 183 Å². The van der Waals surface area contributed by atoms with E-state index in [0.29, 0.717) is 21.8 Å². The summed E-state index contributed by atoms with van der Waals surface area (Å²) in [6.45, 7) is 3.71. The Morgan fingerprint density at radius 3 is 2.48 bits per heavy atom. The molecular weight excluding hydrogens is 437 g/mol. The van der Waals surface area contributed by atoms with Gasteiger partial charge in [-0.3, -0.25) is 4.79 Å². The third-order valence-corrected chi connectivity index (χ3v) is 5.09. The Morgan fingerprint density at radius 2 is 1.79 bits per heavy atom. The molecule has 0 fully saturated rings. The molecule has 0 saturated carbocycles. The molecule has 0 aliphatic carbocycles. The van der Waals surface area contributed by atoms with E-state index in [-0.39, 0.29) is 35.9 Å². The van der Waals surface area contributed by atoms with Gasteiger partial charge in [0.25, 0.3) is 5.91 Å². The second kappa shape index (κ2) is 9.48. The van der Waals surface area contributed by atoms with E-state index >= 15 is 0 Å². The minimum absolute atomic E-state index is 0.109. The van der Waals surface area contributed by atoms with Crippen molar-refractivity contribution in [1.29, 1.82) is 0 Å². The zero-order valence-corrected chi connectivity index (χ0v) is 18.0. The molecule has 9 heteroatoms. The van der Waals surface area contributed by atoms with Crippen LogP contribution in [0.15, 0.2) is 47.0 Å². The Morgan fingerprint density at radius 1 is 1.10 bits per heavy atom. The summed E-state index contributed by atoms with van der Waals surface area (Å²) in [4.78, 5) is 18.7. The molecule has 29 heavy (non-hydrogen) atoms. The van der Waals surface area contributed by atoms with Crippen molar-refractivity contribution in [2.75, 3.05) is 6.61 Å². The fraction of sp³-hybridized carbons (Fsp3) is 0.250. The van der Waals surface area contributed by atoms with Crippen LogP contribution in [-0.2, 0) is 11.3 Å². The van der Waals surface area contributed by atoms with Gasteiger partial charge in [0.2, 0.25) is 11.7 Å². The summed E-state index contributed by atoms with van der Waals surface area (Å²) >= 11 is 18.0. The van der Waals surface area contributed by atoms with E-state index in [1.165, 1.54) is 12.1 Å². The van der Waals surface area contributed by atoms with Gasteiger partial charge in [-0.15, -0.1) is 0 Å². The number of carbonyl (C=O) groups excluding carboxylic acids is 1. The van der Waals surface area contributed by atoms with Crippen LogP contribution in [0, 0.1) is 0 Å². The molecule has 1 amide bonds. The molecule has 0 saturated heterocycles. The van der Waals surface area contributed by atoms with E-state index in [0.717, 1.165) is 5.56 Å². The minimum atomic E-state index is -0.262. The van der Waals surface area contributed by atoms with E-state index < -0.39 is 0 Å². The third-order valence-electron chi connectivity index (χ3n) is 4.08. The van der Waals surface area contributed by atoms with Crippen molar-refractivity contribution in [2.24, 2.45) is 0 Å². The maximum atomic E-state index is 12.7. The molecule has 6 nitrogen and oxygen atoms in total. The molecule has 0 aliphatic rings. The molecule has 1 aromatic heterocycles. The summed E-state index contributed by atoms with van der Waals surface area (Å²) in [5, 5.41) is 4.85. The number of amides is 1. The average Bonchev–Trinajstić information content (AvgIpc) is 3.17. The van der Waals surface area contributed by atoms with Gasteiger partial charge in [-0.1, -0.05) is 70.3 Å². The average molecular weight is 455 g/mol. The molecule has 0 unspecified atom stereocenters. The highest BCUT2D eigenvalue weighted by atomic mass is 35.5. The van der Waals surface area contributed by atoms with Crippen molar-refractivity contribution in [3.63, 3.8) is 0 Å². The smallest absolute Gasteiger partial charge is 0.261 e. The Balaban J connectivity index is 1.68. The van der Waals surface area contributed by atoms with E-state index in [9.17, 15) is 4.79 Å². The van der Waals surface area contributed by atoms with Gasteiger partial charge in [-0.2, -0.15) is 4.98 Å². The molecule has 0 atom stereocenters. The zero-order valence-electron chi connectivity index (χ0n) is 15.7. The maximum Gasteiger partial charge on any atom is 0.261 e. The lowest BCUT2D eigenvalue weighted by Gasteiger charge is -2.25. The second-order valence-electron chi connectivity index (χ2n) is 6.48. The van der Waals surface area contributed by atoms with E-state index in [4.69, 9.17) is 44.1 Å². The summed E-state index contributed by atoms with van der Waals surface area (Å²) < 4.78 is 10.9. The highest BCUT2D eigenvalue weighted by molar-refractivity contribution is 6.43. The molecule has 3 rings (SSSR count). The molecule has 3 aromatic rings. The normalized spacial score (nSPS) is 11.0. The van der Waals surface area contributed by atoms with Crippen LogP contribution in [-0.4, -0.2) is 33.6 Å². The molecule has 0 N–H and O–H groups in total. The van der Waals surface area contributed by atoms with Crippen LogP contribution in [0.1, 0.15) is 19.7 Å². The number of hydrogen-bond donors (Lipinski definition) is 0. The first-order chi connectivity index (χ1) is 13.8. The number of halogens is 3. The van der Waals surface area contributed by atoms with Crippen molar-refractivity contribution in [1.82, 2.24) is 15.0 Å². The Hall–Kier alpha value is -2.28. The second-order valence-corrected chi connectivity index (χ2v) is 7.70. The SMILES string of the molecule is CC(C)N(Cc1nc(-c2ccccc2)no1)C(=O)COc1cc(Cl)c(Cl)cc1Cl. The molecule has 0 aliphatic heterocycles. The lowest BCUT2D eigenvalue weighted by molar-refractivity contribution is -0.136. The van der Waals surface area contributed by atoms with Crippen molar-refractivity contribution in [3.05, 3.63) is 63.4 Å². The minimum Gasteiger partial charge on any atom is -0.482 e. The van der Waals surface area contributed by atoms with Gasteiger partial charge in [0, 0.05) is 17.7 Å².